The monoisotopic (exact) mass is 382 g/mol. The molecule has 1 spiro atoms. The van der Waals surface area contributed by atoms with Crippen molar-refractivity contribution in [1.29, 1.82) is 0 Å². The van der Waals surface area contributed by atoms with Crippen LogP contribution in [0.3, 0.4) is 0 Å². The molecule has 140 valence electrons. The first-order valence-corrected chi connectivity index (χ1v) is 10.3. The average Bonchev–Trinajstić information content (AvgIpc) is 3.06. The van der Waals surface area contributed by atoms with Crippen molar-refractivity contribution in [2.75, 3.05) is 10.6 Å². The van der Waals surface area contributed by atoms with Gasteiger partial charge in [0, 0.05) is 28.6 Å². The van der Waals surface area contributed by atoms with E-state index in [0.717, 1.165) is 36.2 Å². The van der Waals surface area contributed by atoms with Gasteiger partial charge in [-0.25, -0.2) is 4.98 Å². The summed E-state index contributed by atoms with van der Waals surface area (Å²) in [6.07, 6.45) is 5.41. The van der Waals surface area contributed by atoms with Gasteiger partial charge in [-0.3, -0.25) is 9.59 Å². The zero-order valence-corrected chi connectivity index (χ0v) is 15.9. The smallest absolute Gasteiger partial charge is 0.255 e. The number of nitrogens with one attached hydrogen (secondary N) is 3. The Bertz CT molecular complexity index is 926. The average molecular weight is 382 g/mol. The summed E-state index contributed by atoms with van der Waals surface area (Å²) in [5.41, 5.74) is 1.16. The van der Waals surface area contributed by atoms with E-state index in [4.69, 9.17) is 0 Å². The molecule has 0 unspecified atom stereocenters. The van der Waals surface area contributed by atoms with Gasteiger partial charge in [0.2, 0.25) is 5.91 Å². The fraction of sp³-hybridized carbons (Fsp3) is 0.450. The number of benzene rings is 1. The van der Waals surface area contributed by atoms with Gasteiger partial charge < -0.3 is 16.0 Å². The Kier molecular flexibility index (Phi) is 3.75. The minimum atomic E-state index is -0.428. The molecule has 3 fully saturated rings. The molecule has 3 aliphatic carbocycles. The van der Waals surface area contributed by atoms with Crippen LogP contribution in [0.1, 0.15) is 40.9 Å². The number of carbonyl (C=O) groups excluding carboxylic acids is 2. The topological polar surface area (TPSA) is 83.1 Å². The van der Waals surface area contributed by atoms with E-state index in [-0.39, 0.29) is 29.6 Å². The zero-order chi connectivity index (χ0) is 18.6. The van der Waals surface area contributed by atoms with Crippen LogP contribution in [-0.2, 0) is 4.79 Å². The van der Waals surface area contributed by atoms with Crippen molar-refractivity contribution in [1.82, 2.24) is 10.3 Å². The number of anilines is 2. The normalized spacial score (nSPS) is 31.1. The predicted octanol–water partition coefficient (Wildman–Crippen LogP) is 3.38. The van der Waals surface area contributed by atoms with E-state index in [1.807, 2.05) is 31.2 Å². The summed E-state index contributed by atoms with van der Waals surface area (Å²) >= 11 is 1.50. The molecule has 3 N–H and O–H groups in total. The van der Waals surface area contributed by atoms with E-state index < -0.39 is 5.66 Å². The standard InChI is InChI=1S/C20H22N4O2S/c1-11-10-21-19(27-11)22-17(25)15-8-13-7-6-12(15)9-20(13)23-16-5-3-2-4-14(16)18(26)24-20/h2-5,10,12-13,15,23H,6-9H2,1H3,(H,24,26)(H,21,22,25)/t12-,13+,15+,20+/m0/s1. The highest BCUT2D eigenvalue weighted by atomic mass is 32.1. The number of hydrogen-bond donors (Lipinski definition) is 3. The molecule has 2 aromatic rings. The minimum Gasteiger partial charge on any atom is -0.362 e. The summed E-state index contributed by atoms with van der Waals surface area (Å²) in [5, 5.41) is 10.5. The summed E-state index contributed by atoms with van der Waals surface area (Å²) < 4.78 is 0. The van der Waals surface area contributed by atoms with Crippen molar-refractivity contribution in [3.8, 4) is 0 Å². The first-order valence-electron chi connectivity index (χ1n) is 9.47. The molecule has 0 radical (unpaired) electrons. The minimum absolute atomic E-state index is 0.0174. The Morgan fingerprint density at radius 3 is 2.89 bits per heavy atom. The number of fused-ring (bicyclic) bond motifs is 3. The van der Waals surface area contributed by atoms with E-state index in [9.17, 15) is 9.59 Å². The predicted molar refractivity (Wildman–Crippen MR) is 105 cm³/mol. The SMILES string of the molecule is Cc1cnc(NC(=O)[C@@H]2C[C@H]3CC[C@H]2C[C@@]32NC(=O)c3ccccc3N2)s1. The molecule has 2 heterocycles. The second-order valence-corrected chi connectivity index (χ2v) is 9.18. The third-order valence-electron chi connectivity index (χ3n) is 6.33. The summed E-state index contributed by atoms with van der Waals surface area (Å²) in [4.78, 5) is 30.8. The quantitative estimate of drug-likeness (QED) is 0.744. The second-order valence-electron chi connectivity index (χ2n) is 7.94. The van der Waals surface area contributed by atoms with Crippen LogP contribution in [-0.4, -0.2) is 22.5 Å². The van der Waals surface area contributed by atoms with Gasteiger partial charge in [0.25, 0.3) is 5.91 Å². The number of aryl methyl sites for hydroxylation is 1. The number of aromatic nitrogens is 1. The van der Waals surface area contributed by atoms with Crippen LogP contribution in [0.2, 0.25) is 0 Å². The largest absolute Gasteiger partial charge is 0.362 e. The molecule has 7 heteroatoms. The van der Waals surface area contributed by atoms with E-state index in [0.29, 0.717) is 10.7 Å². The number of nitrogens with zero attached hydrogens (tertiary/aromatic N) is 1. The number of carbonyl (C=O) groups is 2. The van der Waals surface area contributed by atoms with Gasteiger partial charge in [0.15, 0.2) is 5.13 Å². The lowest BCUT2D eigenvalue weighted by molar-refractivity contribution is -0.126. The third-order valence-corrected chi connectivity index (χ3v) is 7.16. The van der Waals surface area contributed by atoms with Crippen molar-refractivity contribution in [2.24, 2.45) is 17.8 Å². The van der Waals surface area contributed by atoms with Gasteiger partial charge in [-0.2, -0.15) is 0 Å². The lowest BCUT2D eigenvalue weighted by Gasteiger charge is -2.56. The summed E-state index contributed by atoms with van der Waals surface area (Å²) in [6.45, 7) is 1.98. The maximum atomic E-state index is 12.8. The fourth-order valence-corrected chi connectivity index (χ4v) is 5.74. The first kappa shape index (κ1) is 16.7. The Morgan fingerprint density at radius 2 is 2.15 bits per heavy atom. The Morgan fingerprint density at radius 1 is 1.30 bits per heavy atom. The van der Waals surface area contributed by atoms with Crippen molar-refractivity contribution in [2.45, 2.75) is 38.3 Å². The second kappa shape index (κ2) is 6.05. The molecule has 1 aromatic carbocycles. The molecule has 1 aromatic heterocycles. The highest BCUT2D eigenvalue weighted by Crippen LogP contribution is 2.52. The van der Waals surface area contributed by atoms with Gasteiger partial charge in [0.1, 0.15) is 5.66 Å². The van der Waals surface area contributed by atoms with Crippen molar-refractivity contribution >= 4 is 34.0 Å². The van der Waals surface area contributed by atoms with Gasteiger partial charge >= 0.3 is 0 Å². The molecule has 1 aliphatic heterocycles. The molecule has 6 nitrogen and oxygen atoms in total. The molecular weight excluding hydrogens is 360 g/mol. The Labute approximate surface area is 161 Å². The van der Waals surface area contributed by atoms with Crippen LogP contribution < -0.4 is 16.0 Å². The van der Waals surface area contributed by atoms with E-state index in [1.54, 1.807) is 6.20 Å². The molecule has 6 rings (SSSR count). The zero-order valence-electron chi connectivity index (χ0n) is 15.1. The molecular formula is C20H22N4O2S. The number of para-hydroxylation sites is 1. The molecule has 4 atom stereocenters. The van der Waals surface area contributed by atoms with Crippen molar-refractivity contribution < 1.29 is 9.59 Å². The van der Waals surface area contributed by atoms with Crippen molar-refractivity contribution in [3.05, 3.63) is 40.9 Å². The highest BCUT2D eigenvalue weighted by molar-refractivity contribution is 7.15. The first-order chi connectivity index (χ1) is 13.0. The van der Waals surface area contributed by atoms with Crippen LogP contribution in [0.15, 0.2) is 30.5 Å². The molecule has 2 amide bonds. The van der Waals surface area contributed by atoms with Gasteiger partial charge in [-0.05, 0) is 50.7 Å². The van der Waals surface area contributed by atoms with E-state index in [1.165, 1.54) is 11.3 Å². The summed E-state index contributed by atoms with van der Waals surface area (Å²) in [7, 11) is 0. The lowest BCUT2D eigenvalue weighted by atomic mass is 9.58. The highest BCUT2D eigenvalue weighted by Gasteiger charge is 2.55. The van der Waals surface area contributed by atoms with E-state index in [2.05, 4.69) is 20.9 Å². The fourth-order valence-electron chi connectivity index (χ4n) is 5.07. The Hall–Kier alpha value is -2.41. The Balaban J connectivity index is 1.36. The maximum Gasteiger partial charge on any atom is 0.255 e. The van der Waals surface area contributed by atoms with Gasteiger partial charge in [-0.15, -0.1) is 11.3 Å². The lowest BCUT2D eigenvalue weighted by Crippen LogP contribution is -2.67. The van der Waals surface area contributed by atoms with Gasteiger partial charge in [-0.1, -0.05) is 12.1 Å². The summed E-state index contributed by atoms with van der Waals surface area (Å²) in [6, 6.07) is 7.64. The molecule has 0 saturated heterocycles. The van der Waals surface area contributed by atoms with Crippen LogP contribution in [0, 0.1) is 24.7 Å². The number of amides is 2. The third kappa shape index (κ3) is 2.72. The number of hydrogen-bond acceptors (Lipinski definition) is 5. The van der Waals surface area contributed by atoms with Gasteiger partial charge in [0.05, 0.1) is 5.56 Å². The van der Waals surface area contributed by atoms with Crippen LogP contribution >= 0.6 is 11.3 Å². The maximum absolute atomic E-state index is 12.8. The molecule has 2 bridgehead atoms. The van der Waals surface area contributed by atoms with Crippen LogP contribution in [0.25, 0.3) is 0 Å². The molecule has 4 aliphatic rings. The molecule has 27 heavy (non-hydrogen) atoms. The van der Waals surface area contributed by atoms with Crippen LogP contribution in [0.4, 0.5) is 10.8 Å². The number of thiazole rings is 1. The van der Waals surface area contributed by atoms with Crippen LogP contribution in [0.5, 0.6) is 0 Å². The van der Waals surface area contributed by atoms with Crippen molar-refractivity contribution in [3.63, 3.8) is 0 Å². The molecule has 3 saturated carbocycles. The number of rotatable bonds is 2. The van der Waals surface area contributed by atoms with E-state index >= 15 is 0 Å². The summed E-state index contributed by atoms with van der Waals surface area (Å²) in [5.74, 6) is 0.532.